The van der Waals surface area contributed by atoms with Gasteiger partial charge in [-0.05, 0) is 61.9 Å². The van der Waals surface area contributed by atoms with E-state index in [0.29, 0.717) is 50.3 Å². The van der Waals surface area contributed by atoms with Crippen LogP contribution >= 0.6 is 0 Å². The number of hydrogen-bond donors (Lipinski definition) is 1. The third-order valence-corrected chi connectivity index (χ3v) is 8.08. The molecule has 8 heteroatoms. The Morgan fingerprint density at radius 1 is 1.10 bits per heavy atom. The first-order chi connectivity index (χ1) is 19.5. The number of carbonyl (C=O) groups is 3. The van der Waals surface area contributed by atoms with Crippen LogP contribution in [0.25, 0.3) is 0 Å². The van der Waals surface area contributed by atoms with E-state index in [9.17, 15) is 14.4 Å². The Labute approximate surface area is 245 Å². The summed E-state index contributed by atoms with van der Waals surface area (Å²) in [6.07, 6.45) is 3.11. The van der Waals surface area contributed by atoms with Gasteiger partial charge in [0, 0.05) is 44.7 Å². The van der Waals surface area contributed by atoms with Crippen molar-refractivity contribution in [2.24, 2.45) is 5.41 Å². The van der Waals surface area contributed by atoms with E-state index in [1.54, 1.807) is 24.1 Å². The average molecular weight is 563 g/mol. The van der Waals surface area contributed by atoms with E-state index in [1.165, 1.54) is 5.56 Å². The summed E-state index contributed by atoms with van der Waals surface area (Å²) in [7, 11) is 3.89. The van der Waals surface area contributed by atoms with Gasteiger partial charge in [0.2, 0.25) is 11.8 Å². The molecule has 0 radical (unpaired) electrons. The minimum atomic E-state index is -0.648. The van der Waals surface area contributed by atoms with E-state index >= 15 is 0 Å². The van der Waals surface area contributed by atoms with Crippen molar-refractivity contribution in [3.8, 4) is 5.75 Å². The third kappa shape index (κ3) is 8.55. The van der Waals surface area contributed by atoms with E-state index in [-0.39, 0.29) is 35.2 Å². The number of amides is 3. The van der Waals surface area contributed by atoms with Crippen LogP contribution in [0, 0.1) is 5.41 Å². The molecule has 0 saturated carbocycles. The standard InChI is InChI=1S/C33H46N4O4/c1-33(2,3)21-30(38)34-29-15-10-17-36(5)31(39)25-13-9-14-28(19-25)41-23-27-20-26(22-37(27)32(29)40)35(4)18-16-24-11-7-6-8-12-24/h6-9,11-14,19,26-27,29H,10,15-18,20-23H2,1-5H3,(H,34,38)/t26-,27-,29-/m0/s1. The lowest BCUT2D eigenvalue weighted by Crippen LogP contribution is -2.52. The van der Waals surface area contributed by atoms with Crippen LogP contribution in [0.4, 0.5) is 0 Å². The van der Waals surface area contributed by atoms with Crippen molar-refractivity contribution in [3.05, 3.63) is 65.7 Å². The van der Waals surface area contributed by atoms with Gasteiger partial charge >= 0.3 is 0 Å². The molecule has 2 aromatic rings. The summed E-state index contributed by atoms with van der Waals surface area (Å²) in [6.45, 7) is 8.32. The van der Waals surface area contributed by atoms with Crippen molar-refractivity contribution in [1.29, 1.82) is 0 Å². The lowest BCUT2D eigenvalue weighted by molar-refractivity contribution is -0.138. The van der Waals surface area contributed by atoms with Crippen LogP contribution in [0.5, 0.6) is 5.75 Å². The highest BCUT2D eigenvalue weighted by molar-refractivity contribution is 5.94. The lowest BCUT2D eigenvalue weighted by Gasteiger charge is -2.31. The molecule has 1 N–H and O–H groups in total. The Morgan fingerprint density at radius 2 is 1.85 bits per heavy atom. The zero-order chi connectivity index (χ0) is 29.6. The van der Waals surface area contributed by atoms with Crippen molar-refractivity contribution < 1.29 is 19.1 Å². The lowest BCUT2D eigenvalue weighted by atomic mass is 9.91. The van der Waals surface area contributed by atoms with Crippen LogP contribution in [-0.4, -0.2) is 90.9 Å². The Hall–Kier alpha value is -3.39. The average Bonchev–Trinajstić information content (AvgIpc) is 3.37. The van der Waals surface area contributed by atoms with Crippen LogP contribution in [0.1, 0.15) is 62.4 Å². The van der Waals surface area contributed by atoms with Crippen LogP contribution in [0.15, 0.2) is 54.6 Å². The number of hydrogen-bond acceptors (Lipinski definition) is 5. The van der Waals surface area contributed by atoms with Gasteiger partial charge in [-0.15, -0.1) is 0 Å². The van der Waals surface area contributed by atoms with Crippen LogP contribution in [0.3, 0.4) is 0 Å². The number of ether oxygens (including phenoxy) is 1. The van der Waals surface area contributed by atoms with Gasteiger partial charge in [-0.25, -0.2) is 0 Å². The summed E-state index contributed by atoms with van der Waals surface area (Å²) < 4.78 is 6.21. The molecule has 222 valence electrons. The molecule has 3 atom stereocenters. The molecule has 0 aliphatic carbocycles. The van der Waals surface area contributed by atoms with Crippen molar-refractivity contribution in [3.63, 3.8) is 0 Å². The van der Waals surface area contributed by atoms with E-state index in [1.807, 2.05) is 43.9 Å². The van der Waals surface area contributed by atoms with Gasteiger partial charge in [0.15, 0.2) is 0 Å². The maximum Gasteiger partial charge on any atom is 0.253 e. The molecule has 2 aliphatic rings. The van der Waals surface area contributed by atoms with Gasteiger partial charge in [0.05, 0.1) is 6.04 Å². The van der Waals surface area contributed by atoms with Crippen LogP contribution in [-0.2, 0) is 16.0 Å². The molecule has 2 heterocycles. The molecule has 2 aromatic carbocycles. The maximum atomic E-state index is 14.1. The second kappa shape index (κ2) is 13.5. The van der Waals surface area contributed by atoms with Crippen molar-refractivity contribution >= 4 is 17.7 Å². The molecule has 2 bridgehead atoms. The Bertz CT molecular complexity index is 1200. The molecule has 1 saturated heterocycles. The molecule has 4 rings (SSSR count). The second-order valence-electron chi connectivity index (χ2n) is 12.8. The SMILES string of the molecule is CN1CCC[C@H](NC(=O)CC(C)(C)C)C(=O)N2C[C@@H](N(C)CCc3ccccc3)C[C@H]2COc2cccc(c2)C1=O. The quantitative estimate of drug-likeness (QED) is 0.576. The predicted octanol–water partition coefficient (Wildman–Crippen LogP) is 4.00. The molecule has 8 nitrogen and oxygen atoms in total. The van der Waals surface area contributed by atoms with Gasteiger partial charge in [-0.1, -0.05) is 57.2 Å². The first kappa shape index (κ1) is 30.6. The second-order valence-corrected chi connectivity index (χ2v) is 12.8. The predicted molar refractivity (Wildman–Crippen MR) is 161 cm³/mol. The monoisotopic (exact) mass is 562 g/mol. The van der Waals surface area contributed by atoms with Gasteiger partial charge in [0.25, 0.3) is 5.91 Å². The zero-order valence-corrected chi connectivity index (χ0v) is 25.3. The summed E-state index contributed by atoms with van der Waals surface area (Å²) >= 11 is 0. The van der Waals surface area contributed by atoms with Gasteiger partial charge in [0.1, 0.15) is 18.4 Å². The smallest absolute Gasteiger partial charge is 0.253 e. The fraction of sp³-hybridized carbons (Fsp3) is 0.545. The number of rotatable bonds is 6. The summed E-state index contributed by atoms with van der Waals surface area (Å²) in [5.41, 5.74) is 1.68. The van der Waals surface area contributed by atoms with Crippen LogP contribution < -0.4 is 10.1 Å². The minimum Gasteiger partial charge on any atom is -0.491 e. The van der Waals surface area contributed by atoms with Gasteiger partial charge in [-0.3, -0.25) is 14.4 Å². The molecule has 2 aliphatic heterocycles. The number of nitrogens with one attached hydrogen (secondary N) is 1. The number of nitrogens with zero attached hydrogens (tertiary/aromatic N) is 3. The highest BCUT2D eigenvalue weighted by atomic mass is 16.5. The molecule has 41 heavy (non-hydrogen) atoms. The number of benzene rings is 2. The summed E-state index contributed by atoms with van der Waals surface area (Å²) in [4.78, 5) is 46.1. The molecule has 0 aromatic heterocycles. The molecule has 0 unspecified atom stereocenters. The van der Waals surface area contributed by atoms with Crippen molar-refractivity contribution in [2.45, 2.75) is 71.0 Å². The molecule has 0 spiro atoms. The van der Waals surface area contributed by atoms with E-state index in [4.69, 9.17) is 4.74 Å². The molecule has 1 fully saturated rings. The Kier molecular flexibility index (Phi) is 10.1. The number of fused-ring (bicyclic) bond motifs is 3. The van der Waals surface area contributed by atoms with Crippen LogP contribution in [0.2, 0.25) is 0 Å². The van der Waals surface area contributed by atoms with Crippen molar-refractivity contribution in [1.82, 2.24) is 20.0 Å². The first-order valence-corrected chi connectivity index (χ1v) is 14.8. The number of carbonyl (C=O) groups excluding carboxylic acids is 3. The topological polar surface area (TPSA) is 82.2 Å². The fourth-order valence-corrected chi connectivity index (χ4v) is 5.72. The van der Waals surface area contributed by atoms with Gasteiger partial charge < -0.3 is 24.8 Å². The number of likely N-dealkylation sites (N-methyl/N-ethyl adjacent to an activating group) is 1. The third-order valence-electron chi connectivity index (χ3n) is 8.08. The van der Waals surface area contributed by atoms with Gasteiger partial charge in [-0.2, -0.15) is 0 Å². The summed E-state index contributed by atoms with van der Waals surface area (Å²) in [5, 5.41) is 3.05. The van der Waals surface area contributed by atoms with Crippen molar-refractivity contribution in [2.75, 3.05) is 40.3 Å². The van der Waals surface area contributed by atoms with E-state index in [0.717, 1.165) is 19.4 Å². The highest BCUT2D eigenvalue weighted by Crippen LogP contribution is 2.26. The van der Waals surface area contributed by atoms with E-state index < -0.39 is 6.04 Å². The summed E-state index contributed by atoms with van der Waals surface area (Å²) in [6, 6.07) is 17.1. The maximum absolute atomic E-state index is 14.1. The fourth-order valence-electron chi connectivity index (χ4n) is 5.72. The molecular weight excluding hydrogens is 516 g/mol. The Morgan fingerprint density at radius 3 is 2.59 bits per heavy atom. The first-order valence-electron chi connectivity index (χ1n) is 14.8. The highest BCUT2D eigenvalue weighted by Gasteiger charge is 2.40. The Balaban J connectivity index is 1.55. The zero-order valence-electron chi connectivity index (χ0n) is 25.3. The summed E-state index contributed by atoms with van der Waals surface area (Å²) in [5.74, 6) is 0.332. The molecular formula is C33H46N4O4. The molecule has 3 amide bonds. The largest absolute Gasteiger partial charge is 0.491 e. The van der Waals surface area contributed by atoms with E-state index in [2.05, 4.69) is 41.5 Å². The normalized spacial score (nSPS) is 22.2. The minimum absolute atomic E-state index is 0.0698.